The van der Waals surface area contributed by atoms with Crippen LogP contribution in [0.25, 0.3) is 0 Å². The van der Waals surface area contributed by atoms with Crippen LogP contribution in [-0.2, 0) is 5.41 Å². The molecule has 0 aromatic heterocycles. The summed E-state index contributed by atoms with van der Waals surface area (Å²) in [5, 5.41) is 0. The largest absolute Gasteiger partial charge is 0.494 e. The summed E-state index contributed by atoms with van der Waals surface area (Å²) < 4.78 is 5.59. The van der Waals surface area contributed by atoms with Crippen LogP contribution >= 0.6 is 0 Å². The highest BCUT2D eigenvalue weighted by atomic mass is 16.5. The molecule has 0 saturated carbocycles. The molecule has 0 heterocycles. The highest BCUT2D eigenvalue weighted by Gasteiger charge is 2.31. The quantitative estimate of drug-likeness (QED) is 0.630. The third-order valence-corrected chi connectivity index (χ3v) is 3.91. The fourth-order valence-corrected chi connectivity index (χ4v) is 2.71. The molecule has 0 saturated heterocycles. The van der Waals surface area contributed by atoms with Crippen LogP contribution < -0.4 is 16.0 Å². The van der Waals surface area contributed by atoms with E-state index >= 15 is 0 Å². The summed E-state index contributed by atoms with van der Waals surface area (Å²) in [5.41, 5.74) is 5.20. The minimum atomic E-state index is -0.138. The second kappa shape index (κ2) is 6.74. The van der Waals surface area contributed by atoms with E-state index in [1.807, 2.05) is 25.1 Å². The zero-order valence-electron chi connectivity index (χ0n) is 13.0. The van der Waals surface area contributed by atoms with Crippen molar-refractivity contribution in [1.82, 2.24) is 5.43 Å². The summed E-state index contributed by atoms with van der Waals surface area (Å²) >= 11 is 0. The van der Waals surface area contributed by atoms with Gasteiger partial charge in [-0.05, 0) is 30.2 Å². The standard InChI is InChI=1S/C18H24N2O/c1-4-21-16-12-8-9-14(13-16)17(20-19)18(2,3)15-10-6-5-7-11-15/h5-13,17,20H,4,19H2,1-3H3. The van der Waals surface area contributed by atoms with E-state index in [9.17, 15) is 0 Å². The molecule has 1 atom stereocenters. The van der Waals surface area contributed by atoms with Crippen molar-refractivity contribution in [1.29, 1.82) is 0 Å². The molecule has 2 aromatic carbocycles. The molecule has 3 N–H and O–H groups in total. The molecule has 0 bridgehead atoms. The first-order valence-corrected chi connectivity index (χ1v) is 7.34. The summed E-state index contributed by atoms with van der Waals surface area (Å²) in [7, 11) is 0. The van der Waals surface area contributed by atoms with Crippen molar-refractivity contribution in [3.05, 3.63) is 65.7 Å². The van der Waals surface area contributed by atoms with E-state index in [4.69, 9.17) is 10.6 Å². The van der Waals surface area contributed by atoms with Crippen LogP contribution in [0.3, 0.4) is 0 Å². The lowest BCUT2D eigenvalue weighted by atomic mass is 9.75. The molecule has 2 aromatic rings. The maximum absolute atomic E-state index is 5.86. The number of hydrogen-bond acceptors (Lipinski definition) is 3. The van der Waals surface area contributed by atoms with Crippen molar-refractivity contribution >= 4 is 0 Å². The second-order valence-electron chi connectivity index (χ2n) is 5.69. The van der Waals surface area contributed by atoms with E-state index in [1.54, 1.807) is 0 Å². The SMILES string of the molecule is CCOc1cccc(C(NN)C(C)(C)c2ccccc2)c1. The zero-order chi connectivity index (χ0) is 15.3. The predicted octanol–water partition coefficient (Wildman–Crippen LogP) is 3.57. The average Bonchev–Trinajstić information content (AvgIpc) is 2.49. The van der Waals surface area contributed by atoms with Crippen LogP contribution in [0, 0.1) is 0 Å². The molecule has 1 unspecified atom stereocenters. The van der Waals surface area contributed by atoms with Crippen LogP contribution in [-0.4, -0.2) is 6.61 Å². The molecule has 112 valence electrons. The second-order valence-corrected chi connectivity index (χ2v) is 5.69. The van der Waals surface area contributed by atoms with E-state index in [2.05, 4.69) is 55.7 Å². The van der Waals surface area contributed by atoms with Crippen molar-refractivity contribution in [3.8, 4) is 5.75 Å². The fourth-order valence-electron chi connectivity index (χ4n) is 2.71. The lowest BCUT2D eigenvalue weighted by Gasteiger charge is -2.35. The Morgan fingerprint density at radius 3 is 2.43 bits per heavy atom. The predicted molar refractivity (Wildman–Crippen MR) is 87.1 cm³/mol. The van der Waals surface area contributed by atoms with Gasteiger partial charge in [-0.15, -0.1) is 0 Å². The number of nitrogens with one attached hydrogen (secondary N) is 1. The molecule has 3 heteroatoms. The number of benzene rings is 2. The Balaban J connectivity index is 2.37. The van der Waals surface area contributed by atoms with E-state index in [0.717, 1.165) is 11.3 Å². The van der Waals surface area contributed by atoms with E-state index in [-0.39, 0.29) is 11.5 Å². The van der Waals surface area contributed by atoms with Crippen LogP contribution in [0.4, 0.5) is 0 Å². The minimum Gasteiger partial charge on any atom is -0.494 e. The number of hydrogen-bond donors (Lipinski definition) is 2. The Labute approximate surface area is 127 Å². The fraction of sp³-hybridized carbons (Fsp3) is 0.333. The Morgan fingerprint density at radius 1 is 1.10 bits per heavy atom. The van der Waals surface area contributed by atoms with Gasteiger partial charge in [-0.2, -0.15) is 0 Å². The molecule has 0 spiro atoms. The van der Waals surface area contributed by atoms with Gasteiger partial charge >= 0.3 is 0 Å². The Morgan fingerprint density at radius 2 is 1.81 bits per heavy atom. The van der Waals surface area contributed by atoms with Gasteiger partial charge in [-0.25, -0.2) is 0 Å². The molecule has 3 nitrogen and oxygen atoms in total. The molecule has 0 aliphatic heterocycles. The van der Waals surface area contributed by atoms with E-state index in [1.165, 1.54) is 5.56 Å². The molecule has 0 radical (unpaired) electrons. The van der Waals surface area contributed by atoms with Crippen molar-refractivity contribution in [2.75, 3.05) is 6.61 Å². The molecule has 0 aliphatic rings. The molecule has 2 rings (SSSR count). The molecular formula is C18H24N2O. The van der Waals surface area contributed by atoms with Gasteiger partial charge in [0.2, 0.25) is 0 Å². The van der Waals surface area contributed by atoms with Gasteiger partial charge in [0.1, 0.15) is 5.75 Å². The average molecular weight is 284 g/mol. The topological polar surface area (TPSA) is 47.3 Å². The van der Waals surface area contributed by atoms with Crippen molar-refractivity contribution < 1.29 is 4.74 Å². The highest BCUT2D eigenvalue weighted by Crippen LogP contribution is 2.37. The third-order valence-electron chi connectivity index (χ3n) is 3.91. The first kappa shape index (κ1) is 15.5. The normalized spacial score (nSPS) is 13.0. The van der Waals surface area contributed by atoms with Crippen molar-refractivity contribution in [2.45, 2.75) is 32.2 Å². The molecule has 0 fully saturated rings. The molecule has 0 aliphatic carbocycles. The lowest BCUT2D eigenvalue weighted by molar-refractivity contribution is 0.333. The summed E-state index contributed by atoms with van der Waals surface area (Å²) in [4.78, 5) is 0. The first-order chi connectivity index (χ1) is 10.1. The Hall–Kier alpha value is -1.84. The van der Waals surface area contributed by atoms with Crippen molar-refractivity contribution in [3.63, 3.8) is 0 Å². The first-order valence-electron chi connectivity index (χ1n) is 7.34. The summed E-state index contributed by atoms with van der Waals surface area (Å²) in [6, 6.07) is 18.5. The minimum absolute atomic E-state index is 0.000283. The van der Waals surface area contributed by atoms with Gasteiger partial charge in [0.25, 0.3) is 0 Å². The van der Waals surface area contributed by atoms with Gasteiger partial charge in [-0.1, -0.05) is 56.3 Å². The van der Waals surface area contributed by atoms with E-state index in [0.29, 0.717) is 6.61 Å². The van der Waals surface area contributed by atoms with Crippen LogP contribution in [0.1, 0.15) is 37.9 Å². The van der Waals surface area contributed by atoms with Gasteiger partial charge < -0.3 is 4.74 Å². The highest BCUT2D eigenvalue weighted by molar-refractivity contribution is 5.36. The van der Waals surface area contributed by atoms with E-state index < -0.39 is 0 Å². The summed E-state index contributed by atoms with van der Waals surface area (Å²) in [5.74, 6) is 6.74. The summed E-state index contributed by atoms with van der Waals surface area (Å²) in [6.07, 6.45) is 0. The van der Waals surface area contributed by atoms with Gasteiger partial charge in [0.15, 0.2) is 0 Å². The molecule has 0 amide bonds. The zero-order valence-corrected chi connectivity index (χ0v) is 13.0. The summed E-state index contributed by atoms with van der Waals surface area (Å²) in [6.45, 7) is 7.03. The number of rotatable bonds is 6. The van der Waals surface area contributed by atoms with Gasteiger partial charge in [-0.3, -0.25) is 11.3 Å². The maximum Gasteiger partial charge on any atom is 0.119 e. The van der Waals surface area contributed by atoms with Gasteiger partial charge in [0, 0.05) is 5.41 Å². The van der Waals surface area contributed by atoms with Crippen LogP contribution in [0.5, 0.6) is 5.75 Å². The monoisotopic (exact) mass is 284 g/mol. The third kappa shape index (κ3) is 3.43. The van der Waals surface area contributed by atoms with Gasteiger partial charge in [0.05, 0.1) is 12.6 Å². The van der Waals surface area contributed by atoms with Crippen LogP contribution in [0.15, 0.2) is 54.6 Å². The van der Waals surface area contributed by atoms with Crippen LogP contribution in [0.2, 0.25) is 0 Å². The lowest BCUT2D eigenvalue weighted by Crippen LogP contribution is -2.41. The number of hydrazine groups is 1. The molecular weight excluding hydrogens is 260 g/mol. The molecule has 21 heavy (non-hydrogen) atoms. The Bertz CT molecular complexity index is 566. The van der Waals surface area contributed by atoms with Crippen molar-refractivity contribution in [2.24, 2.45) is 5.84 Å². The number of nitrogens with two attached hydrogens (primary N) is 1. The smallest absolute Gasteiger partial charge is 0.119 e. The number of ether oxygens (including phenoxy) is 1. The maximum atomic E-state index is 5.86. The Kier molecular flexibility index (Phi) is 4.99.